The predicted molar refractivity (Wildman–Crippen MR) is 78.2 cm³/mol. The van der Waals surface area contributed by atoms with Gasteiger partial charge in [-0.05, 0) is 52.9 Å². The zero-order valence-corrected chi connectivity index (χ0v) is 13.2. The molecule has 19 heavy (non-hydrogen) atoms. The van der Waals surface area contributed by atoms with Crippen molar-refractivity contribution < 1.29 is 9.53 Å². The average Bonchev–Trinajstić information content (AvgIpc) is 2.90. The van der Waals surface area contributed by atoms with Gasteiger partial charge in [0.25, 0.3) is 0 Å². The number of ether oxygens (including phenoxy) is 1. The molecule has 1 fully saturated rings. The van der Waals surface area contributed by atoms with Gasteiger partial charge in [0.05, 0.1) is 0 Å². The van der Waals surface area contributed by atoms with Crippen molar-refractivity contribution in [3.05, 3.63) is 0 Å². The van der Waals surface area contributed by atoms with Crippen molar-refractivity contribution in [2.45, 2.75) is 84.5 Å². The Hall–Kier alpha value is -0.770. The Labute approximate surface area is 117 Å². The van der Waals surface area contributed by atoms with E-state index in [2.05, 4.69) is 31.4 Å². The smallest absolute Gasteiger partial charge is 0.407 e. The summed E-state index contributed by atoms with van der Waals surface area (Å²) in [5.41, 5.74) is -0.424. The summed E-state index contributed by atoms with van der Waals surface area (Å²) < 4.78 is 5.24. The van der Waals surface area contributed by atoms with Gasteiger partial charge in [-0.25, -0.2) is 4.79 Å². The lowest BCUT2D eigenvalue weighted by atomic mass is 10.0. The van der Waals surface area contributed by atoms with Crippen molar-refractivity contribution in [2.24, 2.45) is 5.92 Å². The molecule has 0 saturated heterocycles. The molecule has 0 heterocycles. The second-order valence-electron chi connectivity index (χ2n) is 7.13. The van der Waals surface area contributed by atoms with Gasteiger partial charge in [-0.3, -0.25) is 0 Å². The monoisotopic (exact) mass is 270 g/mol. The molecule has 0 aromatic rings. The lowest BCUT2D eigenvalue weighted by molar-refractivity contribution is 0.0522. The van der Waals surface area contributed by atoms with Crippen LogP contribution in [-0.4, -0.2) is 29.8 Å². The van der Waals surface area contributed by atoms with Gasteiger partial charge < -0.3 is 15.4 Å². The molecule has 3 unspecified atom stereocenters. The highest BCUT2D eigenvalue weighted by molar-refractivity contribution is 5.68. The molecular formula is C15H30N2O2. The Balaban J connectivity index is 2.16. The zero-order valence-electron chi connectivity index (χ0n) is 13.2. The summed E-state index contributed by atoms with van der Waals surface area (Å²) in [4.78, 5) is 11.6. The van der Waals surface area contributed by atoms with Crippen LogP contribution in [-0.2, 0) is 4.74 Å². The van der Waals surface area contributed by atoms with Crippen LogP contribution in [0.4, 0.5) is 4.79 Å². The van der Waals surface area contributed by atoms with Gasteiger partial charge in [-0.15, -0.1) is 0 Å². The zero-order chi connectivity index (χ0) is 14.6. The molecule has 0 spiro atoms. The molecule has 2 N–H and O–H groups in total. The van der Waals surface area contributed by atoms with E-state index in [4.69, 9.17) is 4.74 Å². The van der Waals surface area contributed by atoms with Crippen LogP contribution < -0.4 is 10.6 Å². The van der Waals surface area contributed by atoms with Crippen molar-refractivity contribution in [1.29, 1.82) is 0 Å². The summed E-state index contributed by atoms with van der Waals surface area (Å²) in [6, 6.07) is 1.16. The summed E-state index contributed by atoms with van der Waals surface area (Å²) in [6.07, 6.45) is 3.13. The fourth-order valence-electron chi connectivity index (χ4n) is 2.03. The molecule has 1 aliphatic carbocycles. The van der Waals surface area contributed by atoms with Crippen LogP contribution >= 0.6 is 0 Å². The highest BCUT2D eigenvalue weighted by atomic mass is 16.6. The summed E-state index contributed by atoms with van der Waals surface area (Å²) in [7, 11) is 0. The van der Waals surface area contributed by atoms with Gasteiger partial charge >= 0.3 is 6.09 Å². The van der Waals surface area contributed by atoms with Gasteiger partial charge in [0.15, 0.2) is 0 Å². The largest absolute Gasteiger partial charge is 0.444 e. The van der Waals surface area contributed by atoms with E-state index in [1.165, 1.54) is 12.8 Å². The van der Waals surface area contributed by atoms with Crippen LogP contribution in [0.5, 0.6) is 0 Å². The number of rotatable bonds is 6. The second-order valence-corrected chi connectivity index (χ2v) is 7.13. The van der Waals surface area contributed by atoms with Crippen LogP contribution in [0.25, 0.3) is 0 Å². The van der Waals surface area contributed by atoms with Crippen molar-refractivity contribution in [2.75, 3.05) is 0 Å². The number of hydrogen-bond donors (Lipinski definition) is 2. The van der Waals surface area contributed by atoms with E-state index in [0.29, 0.717) is 12.1 Å². The molecule has 0 aromatic heterocycles. The van der Waals surface area contributed by atoms with E-state index in [0.717, 1.165) is 12.3 Å². The molecule has 1 aliphatic rings. The normalized spacial score (nSPS) is 24.2. The van der Waals surface area contributed by atoms with Gasteiger partial charge in [0.1, 0.15) is 5.60 Å². The van der Waals surface area contributed by atoms with E-state index in [9.17, 15) is 4.79 Å². The summed E-state index contributed by atoms with van der Waals surface area (Å²) in [5.74, 6) is 0.749. The molecule has 0 radical (unpaired) electrons. The minimum absolute atomic E-state index is 0.233. The summed E-state index contributed by atoms with van der Waals surface area (Å²) in [5, 5.41) is 6.46. The van der Waals surface area contributed by atoms with E-state index < -0.39 is 5.60 Å². The quantitative estimate of drug-likeness (QED) is 0.780. The number of carbonyl (C=O) groups excluding carboxylic acids is 1. The fourth-order valence-corrected chi connectivity index (χ4v) is 2.03. The highest BCUT2D eigenvalue weighted by Crippen LogP contribution is 2.23. The molecule has 0 aliphatic heterocycles. The standard InChI is InChI=1S/C15H30N2O2/c1-10(2)7-8-11(3)16-12-9-13(12)17-14(18)19-15(4,5)6/h10-13,16H,7-9H2,1-6H3,(H,17,18). The van der Waals surface area contributed by atoms with Crippen LogP contribution in [0.3, 0.4) is 0 Å². The van der Waals surface area contributed by atoms with Crippen LogP contribution in [0.15, 0.2) is 0 Å². The van der Waals surface area contributed by atoms with Crippen molar-refractivity contribution in [3.8, 4) is 0 Å². The first kappa shape index (κ1) is 16.3. The number of alkyl carbamates (subject to hydrolysis) is 1. The van der Waals surface area contributed by atoms with E-state index in [1.54, 1.807) is 0 Å². The van der Waals surface area contributed by atoms with E-state index >= 15 is 0 Å². The SMILES string of the molecule is CC(C)CCC(C)NC1CC1NC(=O)OC(C)(C)C. The maximum atomic E-state index is 11.6. The Morgan fingerprint density at radius 1 is 1.21 bits per heavy atom. The maximum Gasteiger partial charge on any atom is 0.407 e. The average molecular weight is 270 g/mol. The van der Waals surface area contributed by atoms with Gasteiger partial charge in [-0.2, -0.15) is 0 Å². The van der Waals surface area contributed by atoms with Crippen LogP contribution in [0.2, 0.25) is 0 Å². The molecule has 112 valence electrons. The van der Waals surface area contributed by atoms with Crippen LogP contribution in [0.1, 0.15) is 60.8 Å². The van der Waals surface area contributed by atoms with Gasteiger partial charge in [0.2, 0.25) is 0 Å². The Morgan fingerprint density at radius 2 is 1.84 bits per heavy atom. The number of hydrogen-bond acceptors (Lipinski definition) is 3. The second kappa shape index (κ2) is 6.60. The molecule has 0 bridgehead atoms. The van der Waals surface area contributed by atoms with Crippen molar-refractivity contribution >= 4 is 6.09 Å². The number of nitrogens with one attached hydrogen (secondary N) is 2. The third-order valence-corrected chi connectivity index (χ3v) is 3.17. The predicted octanol–water partition coefficient (Wildman–Crippen LogP) is 3.07. The van der Waals surface area contributed by atoms with Crippen molar-refractivity contribution in [1.82, 2.24) is 10.6 Å². The number of carbonyl (C=O) groups is 1. The molecule has 0 aromatic carbocycles. The molecule has 1 rings (SSSR count). The molecule has 3 atom stereocenters. The van der Waals surface area contributed by atoms with E-state index in [-0.39, 0.29) is 12.1 Å². The maximum absolute atomic E-state index is 11.6. The third-order valence-electron chi connectivity index (χ3n) is 3.17. The topological polar surface area (TPSA) is 50.4 Å². The van der Waals surface area contributed by atoms with Crippen LogP contribution in [0, 0.1) is 5.92 Å². The fraction of sp³-hybridized carbons (Fsp3) is 0.933. The van der Waals surface area contributed by atoms with Gasteiger partial charge in [-0.1, -0.05) is 13.8 Å². The summed E-state index contributed by atoms with van der Waals surface area (Å²) >= 11 is 0. The minimum atomic E-state index is -0.424. The Kier molecular flexibility index (Phi) is 5.65. The van der Waals surface area contributed by atoms with E-state index in [1.807, 2.05) is 20.8 Å². The molecule has 4 nitrogen and oxygen atoms in total. The first-order chi connectivity index (χ1) is 8.67. The lowest BCUT2D eigenvalue weighted by Gasteiger charge is -2.20. The first-order valence-electron chi connectivity index (χ1n) is 7.43. The molecule has 4 heteroatoms. The highest BCUT2D eigenvalue weighted by Gasteiger charge is 2.39. The Morgan fingerprint density at radius 3 is 2.37 bits per heavy atom. The lowest BCUT2D eigenvalue weighted by Crippen LogP contribution is -2.38. The summed E-state index contributed by atoms with van der Waals surface area (Å²) in [6.45, 7) is 12.3. The minimum Gasteiger partial charge on any atom is -0.444 e. The molecule has 1 saturated carbocycles. The molecule has 1 amide bonds. The van der Waals surface area contributed by atoms with Gasteiger partial charge in [0, 0.05) is 18.1 Å². The first-order valence-corrected chi connectivity index (χ1v) is 7.43. The van der Waals surface area contributed by atoms with Crippen molar-refractivity contribution in [3.63, 3.8) is 0 Å². The third kappa shape index (κ3) is 7.41. The Bertz CT molecular complexity index is 297. The molecular weight excluding hydrogens is 240 g/mol. The number of amides is 1.